The van der Waals surface area contributed by atoms with Crippen molar-refractivity contribution in [2.24, 2.45) is 0 Å². The van der Waals surface area contributed by atoms with Gasteiger partial charge < -0.3 is 15.0 Å². The van der Waals surface area contributed by atoms with Gasteiger partial charge in [0.2, 0.25) is 0 Å². The van der Waals surface area contributed by atoms with E-state index in [0.29, 0.717) is 0 Å². The second-order valence-corrected chi connectivity index (χ2v) is 5.34. The lowest BCUT2D eigenvalue weighted by molar-refractivity contribution is 1.05. The van der Waals surface area contributed by atoms with Crippen molar-refractivity contribution in [3.8, 4) is 0 Å². The van der Waals surface area contributed by atoms with E-state index in [1.54, 1.807) is 17.5 Å². The quantitative estimate of drug-likeness (QED) is 0.757. The SMILES string of the molecule is CCNc1cn2ccnc2c(NCc2cscc2C)n1. The van der Waals surface area contributed by atoms with Crippen LogP contribution in [0.15, 0.2) is 29.4 Å². The van der Waals surface area contributed by atoms with Crippen LogP contribution in [-0.4, -0.2) is 20.9 Å². The van der Waals surface area contributed by atoms with Crippen LogP contribution in [0.3, 0.4) is 0 Å². The van der Waals surface area contributed by atoms with E-state index >= 15 is 0 Å². The highest BCUT2D eigenvalue weighted by Gasteiger charge is 2.08. The molecule has 0 atom stereocenters. The summed E-state index contributed by atoms with van der Waals surface area (Å²) in [6, 6.07) is 0. The zero-order chi connectivity index (χ0) is 13.9. The molecule has 0 aromatic carbocycles. The van der Waals surface area contributed by atoms with Crippen molar-refractivity contribution in [3.63, 3.8) is 0 Å². The molecule has 6 heteroatoms. The standard InChI is InChI=1S/C14H17N5S/c1-3-15-12-7-19-5-4-16-14(19)13(18-12)17-6-11-9-20-8-10(11)2/h4-5,7-9,15H,3,6H2,1-2H3,(H,17,18). The molecule has 0 aliphatic rings. The Labute approximate surface area is 121 Å². The fourth-order valence-corrected chi connectivity index (χ4v) is 2.92. The zero-order valence-electron chi connectivity index (χ0n) is 11.6. The molecule has 0 aliphatic heterocycles. The summed E-state index contributed by atoms with van der Waals surface area (Å²) in [5, 5.41) is 10.9. The van der Waals surface area contributed by atoms with Gasteiger partial charge in [0.1, 0.15) is 5.82 Å². The lowest BCUT2D eigenvalue weighted by atomic mass is 10.2. The maximum absolute atomic E-state index is 4.59. The molecule has 3 rings (SSSR count). The Morgan fingerprint density at radius 2 is 2.20 bits per heavy atom. The molecule has 2 N–H and O–H groups in total. The Hall–Kier alpha value is -2.08. The van der Waals surface area contributed by atoms with Gasteiger partial charge >= 0.3 is 0 Å². The topological polar surface area (TPSA) is 54.2 Å². The van der Waals surface area contributed by atoms with Crippen LogP contribution in [0.1, 0.15) is 18.1 Å². The van der Waals surface area contributed by atoms with Gasteiger partial charge in [0.05, 0.1) is 6.20 Å². The third-order valence-electron chi connectivity index (χ3n) is 3.14. The minimum Gasteiger partial charge on any atom is -0.369 e. The molecule has 0 saturated heterocycles. The molecule has 3 heterocycles. The Morgan fingerprint density at radius 3 is 2.95 bits per heavy atom. The smallest absolute Gasteiger partial charge is 0.180 e. The first-order valence-corrected chi connectivity index (χ1v) is 7.55. The van der Waals surface area contributed by atoms with Gasteiger partial charge in [-0.3, -0.25) is 0 Å². The van der Waals surface area contributed by atoms with E-state index in [4.69, 9.17) is 0 Å². The van der Waals surface area contributed by atoms with E-state index in [1.807, 2.05) is 16.8 Å². The minimum atomic E-state index is 0.764. The first kappa shape index (κ1) is 12.9. The number of nitrogens with zero attached hydrogens (tertiary/aromatic N) is 3. The van der Waals surface area contributed by atoms with Gasteiger partial charge in [-0.05, 0) is 35.7 Å². The lowest BCUT2D eigenvalue weighted by Gasteiger charge is -2.10. The van der Waals surface area contributed by atoms with Crippen LogP contribution in [0.25, 0.3) is 5.65 Å². The third-order valence-corrected chi connectivity index (χ3v) is 4.05. The first-order valence-electron chi connectivity index (χ1n) is 6.61. The fraction of sp³-hybridized carbons (Fsp3) is 0.286. The average Bonchev–Trinajstić information content (AvgIpc) is 3.05. The summed E-state index contributed by atoms with van der Waals surface area (Å²) in [6.07, 6.45) is 5.67. The number of hydrogen-bond donors (Lipinski definition) is 2. The monoisotopic (exact) mass is 287 g/mol. The number of nitrogens with one attached hydrogen (secondary N) is 2. The Kier molecular flexibility index (Phi) is 3.56. The van der Waals surface area contributed by atoms with Crippen LogP contribution < -0.4 is 10.6 Å². The number of rotatable bonds is 5. The Morgan fingerprint density at radius 1 is 1.30 bits per heavy atom. The number of anilines is 2. The predicted octanol–water partition coefficient (Wildman–Crippen LogP) is 3.14. The zero-order valence-corrected chi connectivity index (χ0v) is 12.4. The van der Waals surface area contributed by atoms with Gasteiger partial charge in [-0.2, -0.15) is 11.3 Å². The van der Waals surface area contributed by atoms with E-state index in [9.17, 15) is 0 Å². The van der Waals surface area contributed by atoms with Crippen molar-refractivity contribution >= 4 is 28.6 Å². The minimum absolute atomic E-state index is 0.764. The molecule has 0 saturated carbocycles. The summed E-state index contributed by atoms with van der Waals surface area (Å²) < 4.78 is 1.98. The molecule has 20 heavy (non-hydrogen) atoms. The van der Waals surface area contributed by atoms with E-state index in [0.717, 1.165) is 30.4 Å². The number of aryl methyl sites for hydroxylation is 1. The summed E-state index contributed by atoms with van der Waals surface area (Å²) in [4.78, 5) is 8.94. The molecule has 0 bridgehead atoms. The number of imidazole rings is 1. The maximum Gasteiger partial charge on any atom is 0.180 e. The first-order chi connectivity index (χ1) is 9.78. The lowest BCUT2D eigenvalue weighted by Crippen LogP contribution is -2.07. The molecule has 0 unspecified atom stereocenters. The highest BCUT2D eigenvalue weighted by molar-refractivity contribution is 7.08. The molecule has 0 radical (unpaired) electrons. The second kappa shape index (κ2) is 5.50. The second-order valence-electron chi connectivity index (χ2n) is 4.60. The fourth-order valence-electron chi connectivity index (χ4n) is 2.06. The van der Waals surface area contributed by atoms with Gasteiger partial charge in [0, 0.05) is 25.5 Å². The molecular weight excluding hydrogens is 270 g/mol. The number of thiophene rings is 1. The third kappa shape index (κ3) is 2.46. The highest BCUT2D eigenvalue weighted by atomic mass is 32.1. The molecule has 0 aliphatic carbocycles. The van der Waals surface area contributed by atoms with Crippen molar-refractivity contribution < 1.29 is 0 Å². The van der Waals surface area contributed by atoms with Crippen LogP contribution in [0.2, 0.25) is 0 Å². The number of hydrogen-bond acceptors (Lipinski definition) is 5. The van der Waals surface area contributed by atoms with Gasteiger partial charge in [-0.15, -0.1) is 0 Å². The highest BCUT2D eigenvalue weighted by Crippen LogP contribution is 2.19. The van der Waals surface area contributed by atoms with Crippen molar-refractivity contribution in [1.29, 1.82) is 0 Å². The van der Waals surface area contributed by atoms with E-state index in [1.165, 1.54) is 11.1 Å². The van der Waals surface area contributed by atoms with Crippen molar-refractivity contribution in [3.05, 3.63) is 40.5 Å². The molecule has 3 aromatic rings. The Balaban J connectivity index is 1.89. The normalized spacial score (nSPS) is 10.9. The molecule has 0 fully saturated rings. The summed E-state index contributed by atoms with van der Waals surface area (Å²) in [5.74, 6) is 1.65. The van der Waals surface area contributed by atoms with Crippen LogP contribution in [0.5, 0.6) is 0 Å². The largest absolute Gasteiger partial charge is 0.369 e. The number of aromatic nitrogens is 3. The maximum atomic E-state index is 4.59. The summed E-state index contributed by atoms with van der Waals surface area (Å²) in [5.41, 5.74) is 3.46. The van der Waals surface area contributed by atoms with Crippen LogP contribution >= 0.6 is 11.3 Å². The predicted molar refractivity (Wildman–Crippen MR) is 83.5 cm³/mol. The Bertz CT molecular complexity index is 715. The summed E-state index contributed by atoms with van der Waals surface area (Å²) in [6.45, 7) is 5.79. The molecular formula is C14H17N5S. The average molecular weight is 287 g/mol. The van der Waals surface area contributed by atoms with E-state index < -0.39 is 0 Å². The van der Waals surface area contributed by atoms with Gasteiger partial charge in [-0.1, -0.05) is 0 Å². The molecule has 0 spiro atoms. The number of fused-ring (bicyclic) bond motifs is 1. The van der Waals surface area contributed by atoms with Crippen LogP contribution in [0.4, 0.5) is 11.6 Å². The molecule has 3 aromatic heterocycles. The van der Waals surface area contributed by atoms with E-state index in [-0.39, 0.29) is 0 Å². The summed E-state index contributed by atoms with van der Waals surface area (Å²) >= 11 is 1.72. The van der Waals surface area contributed by atoms with Crippen LogP contribution in [0, 0.1) is 6.92 Å². The molecule has 104 valence electrons. The van der Waals surface area contributed by atoms with Crippen molar-refractivity contribution in [2.45, 2.75) is 20.4 Å². The summed E-state index contributed by atoms with van der Waals surface area (Å²) in [7, 11) is 0. The molecule has 0 amide bonds. The molecule has 5 nitrogen and oxygen atoms in total. The van der Waals surface area contributed by atoms with Gasteiger partial charge in [0.25, 0.3) is 0 Å². The van der Waals surface area contributed by atoms with Gasteiger partial charge in [0.15, 0.2) is 11.5 Å². The van der Waals surface area contributed by atoms with Gasteiger partial charge in [-0.25, -0.2) is 9.97 Å². The van der Waals surface area contributed by atoms with Crippen molar-refractivity contribution in [2.75, 3.05) is 17.2 Å². The van der Waals surface area contributed by atoms with Crippen LogP contribution in [-0.2, 0) is 6.54 Å². The van der Waals surface area contributed by atoms with Crippen molar-refractivity contribution in [1.82, 2.24) is 14.4 Å². The van der Waals surface area contributed by atoms with E-state index in [2.05, 4.69) is 45.2 Å².